The lowest BCUT2D eigenvalue weighted by Gasteiger charge is -2.37. The minimum Gasteiger partial charge on any atom is -0.454 e. The Labute approximate surface area is 187 Å². The Balaban J connectivity index is 1.22. The van der Waals surface area contributed by atoms with Crippen LogP contribution in [0.1, 0.15) is 18.0 Å². The summed E-state index contributed by atoms with van der Waals surface area (Å²) in [6.07, 6.45) is 0.394. The van der Waals surface area contributed by atoms with Gasteiger partial charge in [0, 0.05) is 44.3 Å². The third-order valence-electron chi connectivity index (χ3n) is 6.88. The van der Waals surface area contributed by atoms with E-state index in [4.69, 9.17) is 9.47 Å². The van der Waals surface area contributed by atoms with Crippen molar-refractivity contribution >= 4 is 17.3 Å². The summed E-state index contributed by atoms with van der Waals surface area (Å²) in [5, 5.41) is 1.62. The predicted molar refractivity (Wildman–Crippen MR) is 121 cm³/mol. The van der Waals surface area contributed by atoms with E-state index < -0.39 is 0 Å². The molecule has 3 atom stereocenters. The Bertz CT molecular complexity index is 1010. The third-order valence-corrected chi connectivity index (χ3v) is 6.88. The van der Waals surface area contributed by atoms with Crippen molar-refractivity contribution in [3.63, 3.8) is 0 Å². The number of piperazine rings is 1. The van der Waals surface area contributed by atoms with Crippen molar-refractivity contribution in [1.29, 1.82) is 0 Å². The lowest BCUT2D eigenvalue weighted by molar-refractivity contribution is -0.121. The Morgan fingerprint density at radius 2 is 1.78 bits per heavy atom. The molecule has 9 nitrogen and oxygen atoms in total. The van der Waals surface area contributed by atoms with Crippen molar-refractivity contribution in [2.75, 3.05) is 49.9 Å². The van der Waals surface area contributed by atoms with E-state index in [1.165, 1.54) is 11.3 Å². The maximum Gasteiger partial charge on any atom is 0.243 e. The van der Waals surface area contributed by atoms with E-state index in [1.807, 2.05) is 18.2 Å². The van der Waals surface area contributed by atoms with Crippen molar-refractivity contribution in [2.24, 2.45) is 0 Å². The Morgan fingerprint density at radius 3 is 2.59 bits per heavy atom. The minimum atomic E-state index is -0.00415. The van der Waals surface area contributed by atoms with Crippen LogP contribution in [0.4, 0.5) is 11.4 Å². The number of rotatable bonds is 3. The fourth-order valence-corrected chi connectivity index (χ4v) is 4.99. The number of para-hydroxylation sites is 1. The molecule has 0 saturated carbocycles. The fraction of sp³-hybridized carbons (Fsp3) is 0.435. The molecule has 0 spiro atoms. The van der Waals surface area contributed by atoms with Gasteiger partial charge in [-0.1, -0.05) is 18.2 Å². The maximum absolute atomic E-state index is 12.9. The lowest BCUT2D eigenvalue weighted by atomic mass is 9.93. The van der Waals surface area contributed by atoms with Gasteiger partial charge in [-0.15, -0.1) is 0 Å². The second kappa shape index (κ2) is 7.93. The van der Waals surface area contributed by atoms with E-state index in [9.17, 15) is 4.79 Å². The van der Waals surface area contributed by atoms with Crippen molar-refractivity contribution in [2.45, 2.75) is 24.5 Å². The molecule has 168 valence electrons. The molecule has 0 aliphatic carbocycles. The SMILES string of the molecule is CN1CCN(c2ccc(C3NNC4CC(=O)N(c5cccc6c5OCO6)NC43)cc2)CC1. The normalized spacial score (nSPS) is 27.7. The molecular weight excluding hydrogens is 408 g/mol. The molecule has 3 fully saturated rings. The zero-order valence-electron chi connectivity index (χ0n) is 18.1. The van der Waals surface area contributed by atoms with Crippen LogP contribution in [-0.2, 0) is 4.79 Å². The van der Waals surface area contributed by atoms with Gasteiger partial charge >= 0.3 is 0 Å². The van der Waals surface area contributed by atoms with Gasteiger partial charge in [0.25, 0.3) is 0 Å². The van der Waals surface area contributed by atoms with Gasteiger partial charge in [-0.2, -0.15) is 0 Å². The molecule has 0 radical (unpaired) electrons. The van der Waals surface area contributed by atoms with E-state index in [-0.39, 0.29) is 30.8 Å². The summed E-state index contributed by atoms with van der Waals surface area (Å²) < 4.78 is 11.1. The second-order valence-corrected chi connectivity index (χ2v) is 8.85. The maximum atomic E-state index is 12.9. The highest BCUT2D eigenvalue weighted by Crippen LogP contribution is 2.42. The van der Waals surface area contributed by atoms with E-state index >= 15 is 0 Å². The highest BCUT2D eigenvalue weighted by Gasteiger charge is 2.44. The van der Waals surface area contributed by atoms with Gasteiger partial charge in [0.05, 0.1) is 12.1 Å². The first-order valence-electron chi connectivity index (χ1n) is 11.2. The Kier molecular flexibility index (Phi) is 4.91. The Hall–Kier alpha value is -2.85. The summed E-state index contributed by atoms with van der Waals surface area (Å²) in [5.74, 6) is 1.27. The van der Waals surface area contributed by atoms with E-state index in [0.29, 0.717) is 23.6 Å². The zero-order valence-corrected chi connectivity index (χ0v) is 18.1. The van der Waals surface area contributed by atoms with Crippen LogP contribution in [0.2, 0.25) is 0 Å². The predicted octanol–water partition coefficient (Wildman–Crippen LogP) is 0.995. The molecule has 32 heavy (non-hydrogen) atoms. The van der Waals surface area contributed by atoms with Crippen LogP contribution in [-0.4, -0.2) is 62.9 Å². The van der Waals surface area contributed by atoms with Crippen LogP contribution in [0.15, 0.2) is 42.5 Å². The summed E-state index contributed by atoms with van der Waals surface area (Å²) in [7, 11) is 2.17. The smallest absolute Gasteiger partial charge is 0.243 e. The number of hydrazine groups is 2. The number of amides is 1. The number of anilines is 2. The van der Waals surface area contributed by atoms with Crippen LogP contribution in [0, 0.1) is 0 Å². The highest BCUT2D eigenvalue weighted by atomic mass is 16.7. The molecule has 3 saturated heterocycles. The molecule has 2 aromatic rings. The molecule has 3 unspecified atom stereocenters. The van der Waals surface area contributed by atoms with Crippen LogP contribution >= 0.6 is 0 Å². The van der Waals surface area contributed by atoms with Crippen molar-refractivity contribution in [1.82, 2.24) is 21.2 Å². The van der Waals surface area contributed by atoms with Gasteiger partial charge in [-0.05, 0) is 36.9 Å². The van der Waals surface area contributed by atoms with E-state index in [0.717, 1.165) is 26.2 Å². The van der Waals surface area contributed by atoms with Crippen LogP contribution in [0.3, 0.4) is 0 Å². The average molecular weight is 437 g/mol. The first-order valence-corrected chi connectivity index (χ1v) is 11.2. The molecule has 9 heteroatoms. The third kappa shape index (κ3) is 3.38. The molecule has 4 heterocycles. The van der Waals surface area contributed by atoms with Gasteiger partial charge in [0.2, 0.25) is 12.7 Å². The molecular formula is C23H28N6O3. The van der Waals surface area contributed by atoms with Gasteiger partial charge in [0.1, 0.15) is 5.69 Å². The van der Waals surface area contributed by atoms with Crippen molar-refractivity contribution < 1.29 is 14.3 Å². The van der Waals surface area contributed by atoms with Gasteiger partial charge in [-0.25, -0.2) is 15.9 Å². The number of nitrogens with one attached hydrogen (secondary N) is 3. The number of hydrogen-bond donors (Lipinski definition) is 3. The molecule has 4 aliphatic heterocycles. The molecule has 6 rings (SSSR count). The van der Waals surface area contributed by atoms with Crippen LogP contribution < -0.4 is 35.7 Å². The topological polar surface area (TPSA) is 81.3 Å². The summed E-state index contributed by atoms with van der Waals surface area (Å²) in [5.41, 5.74) is 13.3. The number of carbonyl (C=O) groups is 1. The van der Waals surface area contributed by atoms with Crippen molar-refractivity contribution in [3.8, 4) is 11.5 Å². The minimum absolute atomic E-state index is 0.00415. The number of hydrogen-bond acceptors (Lipinski definition) is 8. The van der Waals surface area contributed by atoms with Gasteiger partial charge in [-0.3, -0.25) is 10.2 Å². The first kappa shape index (κ1) is 19.8. The zero-order chi connectivity index (χ0) is 21.7. The molecule has 3 N–H and O–H groups in total. The number of likely N-dealkylation sites (N-methyl/N-ethyl adjacent to an activating group) is 1. The van der Waals surface area contributed by atoms with Gasteiger partial charge in [0.15, 0.2) is 11.5 Å². The standard InChI is InChI=1S/C23H28N6O3/c1-27-9-11-28(12-10-27)16-7-5-15(6-8-16)21-22-17(24-25-21)13-20(30)29(26-22)18-3-2-4-19-23(18)32-14-31-19/h2-8,17,21-22,24-26H,9-14H2,1H3. The summed E-state index contributed by atoms with van der Waals surface area (Å²) in [4.78, 5) is 17.7. The number of benzene rings is 2. The summed E-state index contributed by atoms with van der Waals surface area (Å²) in [6.45, 7) is 4.45. The Morgan fingerprint density at radius 1 is 0.969 bits per heavy atom. The summed E-state index contributed by atoms with van der Waals surface area (Å²) in [6, 6.07) is 14.5. The molecule has 2 aromatic carbocycles. The number of nitrogens with zero attached hydrogens (tertiary/aromatic N) is 3. The number of fused-ring (bicyclic) bond motifs is 2. The van der Waals surface area contributed by atoms with E-state index in [2.05, 4.69) is 57.4 Å². The average Bonchev–Trinajstić information content (AvgIpc) is 3.46. The molecule has 0 bridgehead atoms. The van der Waals surface area contributed by atoms with Crippen LogP contribution in [0.25, 0.3) is 0 Å². The van der Waals surface area contributed by atoms with Crippen molar-refractivity contribution in [3.05, 3.63) is 48.0 Å². The van der Waals surface area contributed by atoms with Crippen LogP contribution in [0.5, 0.6) is 11.5 Å². The lowest BCUT2D eigenvalue weighted by Crippen LogP contribution is -2.60. The number of carbonyl (C=O) groups excluding carboxylic acids is 1. The second-order valence-electron chi connectivity index (χ2n) is 8.85. The monoisotopic (exact) mass is 436 g/mol. The van der Waals surface area contributed by atoms with E-state index in [1.54, 1.807) is 5.01 Å². The molecule has 4 aliphatic rings. The highest BCUT2D eigenvalue weighted by molar-refractivity contribution is 5.96. The quantitative estimate of drug-likeness (QED) is 0.658. The molecule has 1 amide bonds. The largest absolute Gasteiger partial charge is 0.454 e. The fourth-order valence-electron chi connectivity index (χ4n) is 4.99. The molecule has 0 aromatic heterocycles. The van der Waals surface area contributed by atoms with Gasteiger partial charge < -0.3 is 19.3 Å². The number of ether oxygens (including phenoxy) is 2. The first-order chi connectivity index (χ1) is 15.7. The summed E-state index contributed by atoms with van der Waals surface area (Å²) >= 11 is 0.